The fraction of sp³-hybridized carbons (Fsp3) is 0.400. The monoisotopic (exact) mass is 339 g/mol. The smallest absolute Gasteiger partial charge is 0.221 e. The van der Waals surface area contributed by atoms with Crippen LogP contribution in [-0.2, 0) is 4.79 Å². The van der Waals surface area contributed by atoms with Crippen molar-refractivity contribution in [3.63, 3.8) is 0 Å². The van der Waals surface area contributed by atoms with E-state index in [0.29, 0.717) is 31.3 Å². The van der Waals surface area contributed by atoms with Crippen molar-refractivity contribution in [1.82, 2.24) is 10.3 Å². The molecule has 0 spiro atoms. The highest BCUT2D eigenvalue weighted by Crippen LogP contribution is 2.32. The molecule has 2 aromatic rings. The van der Waals surface area contributed by atoms with E-state index in [4.69, 9.17) is 9.72 Å². The fourth-order valence-electron chi connectivity index (χ4n) is 3.05. The lowest BCUT2D eigenvalue weighted by Crippen LogP contribution is -2.28. The molecular weight excluding hydrogens is 314 g/mol. The number of pyridine rings is 1. The molecule has 25 heavy (non-hydrogen) atoms. The number of methoxy groups -OCH3 is 1. The average Bonchev–Trinajstić information content (AvgIpc) is 2.85. The number of ether oxygens (including phenoxy) is 1. The van der Waals surface area contributed by atoms with Gasteiger partial charge >= 0.3 is 0 Å². The lowest BCUT2D eigenvalue weighted by molar-refractivity contribution is -0.120. The molecule has 0 radical (unpaired) electrons. The minimum Gasteiger partial charge on any atom is -0.481 e. The van der Waals surface area contributed by atoms with Crippen molar-refractivity contribution in [3.8, 4) is 17.1 Å². The van der Waals surface area contributed by atoms with Gasteiger partial charge in [0, 0.05) is 37.7 Å². The maximum absolute atomic E-state index is 11.6. The first-order valence-corrected chi connectivity index (χ1v) is 8.75. The third-order valence-electron chi connectivity index (χ3n) is 4.56. The Bertz CT molecular complexity index is 741. The molecular formula is C20H25N3O2. The van der Waals surface area contributed by atoms with Crippen molar-refractivity contribution in [2.24, 2.45) is 0 Å². The van der Waals surface area contributed by atoms with Crippen LogP contribution in [0.1, 0.15) is 31.7 Å². The molecule has 1 amide bonds. The van der Waals surface area contributed by atoms with Crippen molar-refractivity contribution >= 4 is 11.6 Å². The van der Waals surface area contributed by atoms with E-state index >= 15 is 0 Å². The van der Waals surface area contributed by atoms with Crippen molar-refractivity contribution < 1.29 is 9.53 Å². The Hall–Kier alpha value is -2.56. The van der Waals surface area contributed by atoms with Crippen LogP contribution in [0.5, 0.6) is 5.88 Å². The van der Waals surface area contributed by atoms with Gasteiger partial charge in [0.15, 0.2) is 0 Å². The summed E-state index contributed by atoms with van der Waals surface area (Å²) < 4.78 is 5.33. The Labute approximate surface area is 149 Å². The molecule has 0 aliphatic carbocycles. The zero-order valence-electron chi connectivity index (χ0n) is 15.1. The number of anilines is 1. The minimum atomic E-state index is 0.104. The van der Waals surface area contributed by atoms with Gasteiger partial charge < -0.3 is 15.0 Å². The van der Waals surface area contributed by atoms with Gasteiger partial charge in [-0.05, 0) is 17.5 Å². The Morgan fingerprint density at radius 2 is 1.88 bits per heavy atom. The number of carbonyl (C=O) groups excluding carboxylic acids is 1. The lowest BCUT2D eigenvalue weighted by atomic mass is 10.00. The Balaban J connectivity index is 1.99. The van der Waals surface area contributed by atoms with E-state index < -0.39 is 0 Å². The van der Waals surface area contributed by atoms with Crippen LogP contribution >= 0.6 is 0 Å². The third-order valence-corrected chi connectivity index (χ3v) is 4.56. The minimum absolute atomic E-state index is 0.104. The number of benzene rings is 1. The number of aromatic nitrogens is 1. The first kappa shape index (κ1) is 17.3. The van der Waals surface area contributed by atoms with Gasteiger partial charge in [0.1, 0.15) is 0 Å². The molecule has 1 saturated heterocycles. The lowest BCUT2D eigenvalue weighted by Gasteiger charge is -2.24. The van der Waals surface area contributed by atoms with E-state index in [1.165, 1.54) is 5.56 Å². The second-order valence-corrected chi connectivity index (χ2v) is 6.59. The Kier molecular flexibility index (Phi) is 5.22. The van der Waals surface area contributed by atoms with Gasteiger partial charge in [0.05, 0.1) is 18.5 Å². The predicted octanol–water partition coefficient (Wildman–Crippen LogP) is 3.21. The number of nitrogens with one attached hydrogen (secondary N) is 1. The zero-order chi connectivity index (χ0) is 17.8. The molecule has 2 heterocycles. The van der Waals surface area contributed by atoms with Crippen molar-refractivity contribution in [3.05, 3.63) is 42.0 Å². The van der Waals surface area contributed by atoms with Gasteiger partial charge in [0.25, 0.3) is 0 Å². The highest BCUT2D eigenvalue weighted by Gasteiger charge is 2.19. The van der Waals surface area contributed by atoms with E-state index in [9.17, 15) is 4.79 Å². The molecule has 0 saturated carbocycles. The molecule has 1 fully saturated rings. The van der Waals surface area contributed by atoms with Gasteiger partial charge in [-0.15, -0.1) is 0 Å². The third kappa shape index (κ3) is 3.92. The summed E-state index contributed by atoms with van der Waals surface area (Å²) in [5.74, 6) is 1.19. The summed E-state index contributed by atoms with van der Waals surface area (Å²) in [4.78, 5) is 18.6. The molecule has 0 unspecified atom stereocenters. The Morgan fingerprint density at radius 3 is 2.56 bits per heavy atom. The number of hydrogen-bond donors (Lipinski definition) is 1. The van der Waals surface area contributed by atoms with Crippen LogP contribution in [0, 0.1) is 0 Å². The van der Waals surface area contributed by atoms with Gasteiger partial charge in [-0.3, -0.25) is 4.79 Å². The van der Waals surface area contributed by atoms with Gasteiger partial charge in [-0.2, -0.15) is 0 Å². The van der Waals surface area contributed by atoms with Crippen molar-refractivity contribution in [2.75, 3.05) is 31.6 Å². The molecule has 0 atom stereocenters. The van der Waals surface area contributed by atoms with E-state index in [2.05, 4.69) is 48.3 Å². The molecule has 5 nitrogen and oxygen atoms in total. The first-order chi connectivity index (χ1) is 12.1. The molecule has 3 rings (SSSR count). The number of rotatable bonds is 4. The highest BCUT2D eigenvalue weighted by molar-refractivity contribution is 5.79. The molecule has 132 valence electrons. The second kappa shape index (κ2) is 7.55. The maximum Gasteiger partial charge on any atom is 0.221 e. The number of hydrogen-bond acceptors (Lipinski definition) is 4. The van der Waals surface area contributed by atoms with Gasteiger partial charge in [-0.25, -0.2) is 4.98 Å². The van der Waals surface area contributed by atoms with Crippen LogP contribution in [0.15, 0.2) is 36.4 Å². The summed E-state index contributed by atoms with van der Waals surface area (Å²) in [5.41, 5.74) is 4.29. The summed E-state index contributed by atoms with van der Waals surface area (Å²) in [6.07, 6.45) is 0.498. The van der Waals surface area contributed by atoms with E-state index in [-0.39, 0.29) is 5.91 Å². The SMILES string of the molecule is COc1ccc(N2CCNC(=O)CC2)c(-c2ccc(C(C)C)cc2)n1. The second-order valence-electron chi connectivity index (χ2n) is 6.59. The summed E-state index contributed by atoms with van der Waals surface area (Å²) in [6, 6.07) is 12.4. The molecule has 1 aromatic heterocycles. The number of nitrogens with zero attached hydrogens (tertiary/aromatic N) is 2. The quantitative estimate of drug-likeness (QED) is 0.929. The van der Waals surface area contributed by atoms with E-state index in [1.54, 1.807) is 7.11 Å². The van der Waals surface area contributed by atoms with E-state index in [0.717, 1.165) is 23.5 Å². The average molecular weight is 339 g/mol. The van der Waals surface area contributed by atoms with Crippen molar-refractivity contribution in [2.45, 2.75) is 26.2 Å². The van der Waals surface area contributed by atoms with E-state index in [1.807, 2.05) is 12.1 Å². The summed E-state index contributed by atoms with van der Waals surface area (Å²) in [5, 5.41) is 2.92. The summed E-state index contributed by atoms with van der Waals surface area (Å²) in [7, 11) is 1.63. The summed E-state index contributed by atoms with van der Waals surface area (Å²) >= 11 is 0. The number of carbonyl (C=O) groups is 1. The van der Waals surface area contributed by atoms with Crippen LogP contribution in [0.25, 0.3) is 11.3 Å². The molecule has 5 heteroatoms. The molecule has 1 aromatic carbocycles. The van der Waals surface area contributed by atoms with Crippen LogP contribution in [-0.4, -0.2) is 37.6 Å². The van der Waals surface area contributed by atoms with Gasteiger partial charge in [-0.1, -0.05) is 38.1 Å². The standard InChI is InChI=1S/C20H25N3O2/c1-14(2)15-4-6-16(7-5-15)20-17(8-9-19(22-20)25-3)23-12-10-18(24)21-11-13-23/h4-9,14H,10-13H2,1-3H3,(H,21,24). The molecule has 1 aliphatic heterocycles. The largest absolute Gasteiger partial charge is 0.481 e. The zero-order valence-corrected chi connectivity index (χ0v) is 15.1. The van der Waals surface area contributed by atoms with Crippen LogP contribution in [0.3, 0.4) is 0 Å². The fourth-order valence-corrected chi connectivity index (χ4v) is 3.05. The molecule has 1 aliphatic rings. The van der Waals surface area contributed by atoms with Crippen LogP contribution in [0.2, 0.25) is 0 Å². The van der Waals surface area contributed by atoms with Gasteiger partial charge in [0.2, 0.25) is 11.8 Å². The highest BCUT2D eigenvalue weighted by atomic mass is 16.5. The van der Waals surface area contributed by atoms with Crippen LogP contribution in [0.4, 0.5) is 5.69 Å². The first-order valence-electron chi connectivity index (χ1n) is 8.75. The normalized spacial score (nSPS) is 15.0. The summed E-state index contributed by atoms with van der Waals surface area (Å²) in [6.45, 7) is 6.49. The molecule has 0 bridgehead atoms. The maximum atomic E-state index is 11.6. The van der Waals surface area contributed by atoms with Crippen LogP contribution < -0.4 is 15.0 Å². The Morgan fingerprint density at radius 1 is 1.12 bits per heavy atom. The predicted molar refractivity (Wildman–Crippen MR) is 100 cm³/mol. The topological polar surface area (TPSA) is 54.5 Å². The molecule has 1 N–H and O–H groups in total. The van der Waals surface area contributed by atoms with Crippen molar-refractivity contribution in [1.29, 1.82) is 0 Å². The number of amides is 1.